The van der Waals surface area contributed by atoms with Gasteiger partial charge in [0.1, 0.15) is 6.54 Å². The Hall–Kier alpha value is -2.11. The number of hydrogen-bond acceptors (Lipinski definition) is 3. The molecule has 21 heavy (non-hydrogen) atoms. The number of carbonyl (C=O) groups is 2. The van der Waals surface area contributed by atoms with Crippen molar-refractivity contribution in [1.29, 1.82) is 0 Å². The number of thioether (sulfide) groups is 1. The number of para-hydroxylation sites is 1. The average Bonchev–Trinajstić information content (AvgIpc) is 2.81. The summed E-state index contributed by atoms with van der Waals surface area (Å²) < 4.78 is 0. The zero-order valence-electron chi connectivity index (χ0n) is 11.3. The summed E-state index contributed by atoms with van der Waals surface area (Å²) >= 11 is 1.21. The van der Waals surface area contributed by atoms with Gasteiger partial charge in [-0.15, -0.1) is 0 Å². The largest absolute Gasteiger partial charge is 0.325 e. The summed E-state index contributed by atoms with van der Waals surface area (Å²) in [7, 11) is 0. The lowest BCUT2D eigenvalue weighted by Gasteiger charge is -2.07. The summed E-state index contributed by atoms with van der Waals surface area (Å²) in [5.41, 5.74) is 1.78. The van der Waals surface area contributed by atoms with E-state index in [1.807, 2.05) is 54.6 Å². The molecule has 3 N–H and O–H groups in total. The van der Waals surface area contributed by atoms with E-state index in [0.717, 1.165) is 16.1 Å². The Morgan fingerprint density at radius 1 is 1.10 bits per heavy atom. The highest BCUT2D eigenvalue weighted by Gasteiger charge is 2.33. The van der Waals surface area contributed by atoms with E-state index in [1.54, 1.807) is 5.32 Å². The molecule has 1 heterocycles. The van der Waals surface area contributed by atoms with Crippen molar-refractivity contribution in [3.63, 3.8) is 0 Å². The molecule has 1 aliphatic heterocycles. The van der Waals surface area contributed by atoms with Gasteiger partial charge in [0.05, 0.1) is 5.69 Å². The second-order valence-corrected chi connectivity index (χ2v) is 5.91. The summed E-state index contributed by atoms with van der Waals surface area (Å²) in [5, 5.41) is 4.66. The molecule has 2 aromatic rings. The number of hydrogen-bond donors (Lipinski definition) is 2. The van der Waals surface area contributed by atoms with E-state index < -0.39 is 0 Å². The highest BCUT2D eigenvalue weighted by molar-refractivity contribution is 8.13. The molecule has 4 nitrogen and oxygen atoms in total. The lowest BCUT2D eigenvalue weighted by atomic mass is 10.1. The van der Waals surface area contributed by atoms with Crippen LogP contribution in [0.4, 0.5) is 5.69 Å². The van der Waals surface area contributed by atoms with E-state index in [2.05, 4.69) is 5.32 Å². The lowest BCUT2D eigenvalue weighted by Crippen LogP contribution is -2.87. The van der Waals surface area contributed by atoms with Crippen LogP contribution in [0.25, 0.3) is 0 Å². The zero-order chi connectivity index (χ0) is 14.7. The number of rotatable bonds is 4. The van der Waals surface area contributed by atoms with Gasteiger partial charge in [0, 0.05) is 10.5 Å². The predicted molar refractivity (Wildman–Crippen MR) is 81.9 cm³/mol. The van der Waals surface area contributed by atoms with E-state index >= 15 is 0 Å². The molecule has 0 aliphatic carbocycles. The van der Waals surface area contributed by atoms with Crippen molar-refractivity contribution < 1.29 is 14.9 Å². The third-order valence-electron chi connectivity index (χ3n) is 3.33. The van der Waals surface area contributed by atoms with Gasteiger partial charge >= 0.3 is 0 Å². The van der Waals surface area contributed by atoms with Crippen molar-refractivity contribution in [2.24, 2.45) is 0 Å². The molecule has 106 valence electrons. The number of fused-ring (bicyclic) bond motifs is 1. The third-order valence-corrected chi connectivity index (χ3v) is 4.23. The number of amides is 1. The molecular weight excluding hydrogens is 284 g/mol. The maximum atomic E-state index is 12.0. The number of quaternary nitrogens is 1. The fourth-order valence-electron chi connectivity index (χ4n) is 2.34. The van der Waals surface area contributed by atoms with Gasteiger partial charge in [0.15, 0.2) is 6.04 Å². The molecule has 1 amide bonds. The summed E-state index contributed by atoms with van der Waals surface area (Å²) in [6, 6.07) is 16.8. The second kappa shape index (κ2) is 6.11. The number of benzene rings is 2. The Bertz CT molecular complexity index is 673. The lowest BCUT2D eigenvalue weighted by molar-refractivity contribution is -0.670. The number of carbonyl (C=O) groups excluding carboxylic acids is 2. The Kier molecular flexibility index (Phi) is 4.03. The van der Waals surface area contributed by atoms with Gasteiger partial charge in [-0.25, -0.2) is 0 Å². The third kappa shape index (κ3) is 3.15. The van der Waals surface area contributed by atoms with Gasteiger partial charge in [-0.05, 0) is 30.0 Å². The van der Waals surface area contributed by atoms with Gasteiger partial charge in [-0.3, -0.25) is 9.59 Å². The second-order valence-electron chi connectivity index (χ2n) is 4.78. The molecule has 0 spiro atoms. The molecule has 0 saturated heterocycles. The number of nitrogens with one attached hydrogen (secondary N) is 1. The fraction of sp³-hybridized carbons (Fsp3) is 0.125. The molecule has 0 aromatic heterocycles. The van der Waals surface area contributed by atoms with Crippen molar-refractivity contribution in [1.82, 2.24) is 0 Å². The fourth-order valence-corrected chi connectivity index (χ4v) is 3.08. The van der Waals surface area contributed by atoms with Crippen LogP contribution < -0.4 is 10.6 Å². The standard InChI is InChI=1S/C16H14N2O2S/c19-14(21-11-6-2-1-3-7-11)10-17-15-12-8-4-5-9-13(12)18-16(15)20/h1-9,15,17H,10H2,(H,18,20)/p+1/t15-/m0/s1. The van der Waals surface area contributed by atoms with E-state index in [0.29, 0.717) is 0 Å². The molecule has 2 aromatic carbocycles. The van der Waals surface area contributed by atoms with Gasteiger partial charge < -0.3 is 10.6 Å². The monoisotopic (exact) mass is 299 g/mol. The highest BCUT2D eigenvalue weighted by Crippen LogP contribution is 2.27. The highest BCUT2D eigenvalue weighted by atomic mass is 32.2. The van der Waals surface area contributed by atoms with Crippen molar-refractivity contribution in [2.75, 3.05) is 11.9 Å². The zero-order valence-corrected chi connectivity index (χ0v) is 12.1. The molecule has 0 radical (unpaired) electrons. The van der Waals surface area contributed by atoms with E-state index in [9.17, 15) is 9.59 Å². The number of nitrogens with two attached hydrogens (primary N) is 1. The van der Waals surface area contributed by atoms with Gasteiger partial charge in [0.2, 0.25) is 5.12 Å². The molecule has 1 aliphatic rings. The smallest absolute Gasteiger partial charge is 0.287 e. The first kappa shape index (κ1) is 13.9. The number of anilines is 1. The topological polar surface area (TPSA) is 62.8 Å². The molecule has 0 bridgehead atoms. The van der Waals surface area contributed by atoms with Crippen molar-refractivity contribution in [2.45, 2.75) is 10.9 Å². The van der Waals surface area contributed by atoms with Crippen molar-refractivity contribution in [3.8, 4) is 0 Å². The van der Waals surface area contributed by atoms with Crippen molar-refractivity contribution >= 4 is 28.5 Å². The first-order valence-electron chi connectivity index (χ1n) is 6.73. The Morgan fingerprint density at radius 2 is 1.81 bits per heavy atom. The van der Waals surface area contributed by atoms with Crippen LogP contribution >= 0.6 is 11.8 Å². The van der Waals surface area contributed by atoms with Gasteiger partial charge in [-0.1, -0.05) is 36.4 Å². The normalized spacial score (nSPS) is 16.4. The maximum absolute atomic E-state index is 12.0. The van der Waals surface area contributed by atoms with Crippen LogP contribution in [0.1, 0.15) is 11.6 Å². The van der Waals surface area contributed by atoms with Crippen LogP contribution in [-0.2, 0) is 9.59 Å². The molecule has 5 heteroatoms. The summed E-state index contributed by atoms with van der Waals surface area (Å²) in [6.45, 7) is 0.270. The van der Waals surface area contributed by atoms with Crippen LogP contribution in [0.5, 0.6) is 0 Å². The molecule has 3 rings (SSSR count). The maximum Gasteiger partial charge on any atom is 0.287 e. The Morgan fingerprint density at radius 3 is 2.62 bits per heavy atom. The Labute approximate surface area is 126 Å². The van der Waals surface area contributed by atoms with Crippen molar-refractivity contribution in [3.05, 3.63) is 60.2 Å². The van der Waals surface area contributed by atoms with E-state index in [1.165, 1.54) is 11.8 Å². The van der Waals surface area contributed by atoms with Crippen LogP contribution in [0, 0.1) is 0 Å². The summed E-state index contributed by atoms with van der Waals surface area (Å²) in [5.74, 6) is -0.0614. The van der Waals surface area contributed by atoms with E-state index in [-0.39, 0.29) is 23.6 Å². The predicted octanol–water partition coefficient (Wildman–Crippen LogP) is 1.56. The minimum absolute atomic E-state index is 0.0402. The summed E-state index contributed by atoms with van der Waals surface area (Å²) in [4.78, 5) is 24.9. The molecule has 1 atom stereocenters. The minimum atomic E-state index is -0.332. The van der Waals surface area contributed by atoms with Crippen LogP contribution in [0.3, 0.4) is 0 Å². The molecule has 0 unspecified atom stereocenters. The van der Waals surface area contributed by atoms with Gasteiger partial charge in [-0.2, -0.15) is 0 Å². The van der Waals surface area contributed by atoms with Gasteiger partial charge in [0.25, 0.3) is 5.91 Å². The first-order chi connectivity index (χ1) is 10.2. The SMILES string of the molecule is O=C(C[NH2+][C@@H]1C(=O)Nc2ccccc21)Sc1ccccc1. The molecular formula is C16H15N2O2S+. The van der Waals surface area contributed by atoms with Crippen LogP contribution in [0.15, 0.2) is 59.5 Å². The molecule has 0 fully saturated rings. The van der Waals surface area contributed by atoms with Crippen LogP contribution in [0.2, 0.25) is 0 Å². The average molecular weight is 299 g/mol. The molecule has 0 saturated carbocycles. The Balaban J connectivity index is 1.60. The van der Waals surface area contributed by atoms with Crippen LogP contribution in [-0.4, -0.2) is 17.6 Å². The first-order valence-corrected chi connectivity index (χ1v) is 7.54. The minimum Gasteiger partial charge on any atom is -0.325 e. The quantitative estimate of drug-likeness (QED) is 0.842. The van der Waals surface area contributed by atoms with E-state index in [4.69, 9.17) is 0 Å². The summed E-state index contributed by atoms with van der Waals surface area (Å²) in [6.07, 6.45) is 0.